The highest BCUT2D eigenvalue weighted by Gasteiger charge is 2.39. The van der Waals surface area contributed by atoms with Crippen LogP contribution >= 0.6 is 22.6 Å². The molecule has 0 aromatic heterocycles. The first-order valence-electron chi connectivity index (χ1n) is 7.62. The van der Waals surface area contributed by atoms with Crippen molar-refractivity contribution in [2.45, 2.75) is 23.8 Å². The molecule has 1 fully saturated rings. The van der Waals surface area contributed by atoms with E-state index in [1.165, 1.54) is 4.31 Å². The summed E-state index contributed by atoms with van der Waals surface area (Å²) in [6.45, 7) is 0.362. The topological polar surface area (TPSA) is 66.5 Å². The van der Waals surface area contributed by atoms with Gasteiger partial charge in [-0.25, -0.2) is 8.42 Å². The quantitative estimate of drug-likeness (QED) is 0.720. The number of nitrogens with one attached hydrogen (secondary N) is 1. The molecule has 1 heterocycles. The number of hydrogen-bond acceptors (Lipinski definition) is 3. The van der Waals surface area contributed by atoms with Crippen LogP contribution in [0.3, 0.4) is 0 Å². The van der Waals surface area contributed by atoms with E-state index >= 15 is 0 Å². The second kappa shape index (κ2) is 7.20. The van der Waals surface area contributed by atoms with E-state index < -0.39 is 16.1 Å². The number of rotatable bonds is 4. The number of carbonyl (C=O) groups is 1. The summed E-state index contributed by atoms with van der Waals surface area (Å²) in [6, 6.07) is 15.0. The van der Waals surface area contributed by atoms with Crippen molar-refractivity contribution in [2.75, 3.05) is 11.9 Å². The van der Waals surface area contributed by atoms with Crippen molar-refractivity contribution in [2.24, 2.45) is 0 Å². The van der Waals surface area contributed by atoms with E-state index in [1.54, 1.807) is 30.3 Å². The third-order valence-corrected chi connectivity index (χ3v) is 6.85. The summed E-state index contributed by atoms with van der Waals surface area (Å²) in [5.41, 5.74) is 0.701. The minimum absolute atomic E-state index is 0.221. The fourth-order valence-electron chi connectivity index (χ4n) is 2.80. The Bertz CT molecular complexity index is 840. The molecule has 2 aromatic rings. The first kappa shape index (κ1) is 17.4. The maximum Gasteiger partial charge on any atom is 0.243 e. The number of benzene rings is 2. The molecule has 0 bridgehead atoms. The van der Waals surface area contributed by atoms with Gasteiger partial charge in [-0.1, -0.05) is 30.3 Å². The summed E-state index contributed by atoms with van der Waals surface area (Å²) in [7, 11) is -3.66. The smallest absolute Gasteiger partial charge is 0.243 e. The fraction of sp³-hybridized carbons (Fsp3) is 0.235. The number of carbonyl (C=O) groups excluding carboxylic acids is 1. The highest BCUT2D eigenvalue weighted by Crippen LogP contribution is 2.27. The van der Waals surface area contributed by atoms with Crippen molar-refractivity contribution in [3.8, 4) is 0 Å². The van der Waals surface area contributed by atoms with Crippen molar-refractivity contribution in [1.29, 1.82) is 0 Å². The van der Waals surface area contributed by atoms with Crippen LogP contribution in [0, 0.1) is 3.57 Å². The molecule has 3 rings (SSSR count). The van der Waals surface area contributed by atoms with Crippen LogP contribution in [-0.2, 0) is 14.8 Å². The molecule has 1 atom stereocenters. The minimum Gasteiger partial charge on any atom is -0.324 e. The van der Waals surface area contributed by atoms with Crippen molar-refractivity contribution in [1.82, 2.24) is 4.31 Å². The lowest BCUT2D eigenvalue weighted by atomic mass is 10.2. The van der Waals surface area contributed by atoms with Gasteiger partial charge in [0.25, 0.3) is 0 Å². The third-order valence-electron chi connectivity index (χ3n) is 3.99. The van der Waals surface area contributed by atoms with Gasteiger partial charge in [-0.3, -0.25) is 4.79 Å². The van der Waals surface area contributed by atoms with E-state index in [-0.39, 0.29) is 10.8 Å². The van der Waals surface area contributed by atoms with Crippen LogP contribution in [0.1, 0.15) is 12.8 Å². The lowest BCUT2D eigenvalue weighted by Crippen LogP contribution is -2.43. The van der Waals surface area contributed by atoms with Gasteiger partial charge < -0.3 is 5.32 Å². The van der Waals surface area contributed by atoms with E-state index in [1.807, 2.05) is 24.3 Å². The molecule has 0 spiro atoms. The first-order chi connectivity index (χ1) is 11.5. The van der Waals surface area contributed by atoms with Crippen LogP contribution in [0.4, 0.5) is 5.69 Å². The predicted octanol–water partition coefficient (Wildman–Crippen LogP) is 3.08. The van der Waals surface area contributed by atoms with Crippen LogP contribution in [0.25, 0.3) is 0 Å². The van der Waals surface area contributed by atoms with Gasteiger partial charge >= 0.3 is 0 Å². The molecule has 0 saturated carbocycles. The van der Waals surface area contributed by atoms with Gasteiger partial charge in [0.15, 0.2) is 0 Å². The number of amides is 1. The fourth-order valence-corrected chi connectivity index (χ4v) is 5.00. The highest BCUT2D eigenvalue weighted by molar-refractivity contribution is 14.1. The minimum atomic E-state index is -3.66. The SMILES string of the molecule is O=C(Nc1ccccc1I)C1CCCN1S(=O)(=O)c1ccccc1. The predicted molar refractivity (Wildman–Crippen MR) is 101 cm³/mol. The monoisotopic (exact) mass is 456 g/mol. The largest absolute Gasteiger partial charge is 0.324 e. The maximum absolute atomic E-state index is 12.8. The van der Waals surface area contributed by atoms with Gasteiger partial charge in [-0.15, -0.1) is 0 Å². The average molecular weight is 456 g/mol. The van der Waals surface area contributed by atoms with E-state index in [2.05, 4.69) is 27.9 Å². The lowest BCUT2D eigenvalue weighted by Gasteiger charge is -2.23. The van der Waals surface area contributed by atoms with Crippen LogP contribution in [-0.4, -0.2) is 31.2 Å². The number of hydrogen-bond donors (Lipinski definition) is 1. The normalized spacial score (nSPS) is 18.5. The van der Waals surface area contributed by atoms with E-state index in [9.17, 15) is 13.2 Å². The number of anilines is 1. The summed E-state index contributed by atoms with van der Waals surface area (Å²) < 4.78 is 27.9. The molecule has 0 aliphatic carbocycles. The molecule has 0 radical (unpaired) electrons. The highest BCUT2D eigenvalue weighted by atomic mass is 127. The molecular weight excluding hydrogens is 439 g/mol. The van der Waals surface area contributed by atoms with Gasteiger partial charge in [-0.2, -0.15) is 4.31 Å². The Labute approximate surface area is 155 Å². The van der Waals surface area contributed by atoms with Gasteiger partial charge in [0.05, 0.1) is 10.6 Å². The summed E-state index contributed by atoms with van der Waals surface area (Å²) in [6.07, 6.45) is 1.21. The molecule has 7 heteroatoms. The van der Waals surface area contributed by atoms with Crippen molar-refractivity contribution >= 4 is 44.2 Å². The Balaban J connectivity index is 1.83. The van der Waals surface area contributed by atoms with Crippen LogP contribution in [0.2, 0.25) is 0 Å². The van der Waals surface area contributed by atoms with E-state index in [0.29, 0.717) is 25.1 Å². The Morgan fingerprint density at radius 2 is 1.75 bits per heavy atom. The number of halogens is 1. The van der Waals surface area contributed by atoms with Gasteiger partial charge in [0.1, 0.15) is 6.04 Å². The molecular formula is C17H17IN2O3S. The molecule has 1 amide bonds. The molecule has 1 N–H and O–H groups in total. The molecule has 1 unspecified atom stereocenters. The lowest BCUT2D eigenvalue weighted by molar-refractivity contribution is -0.119. The van der Waals surface area contributed by atoms with E-state index in [4.69, 9.17) is 0 Å². The molecule has 126 valence electrons. The number of sulfonamides is 1. The Morgan fingerprint density at radius 1 is 1.08 bits per heavy atom. The van der Waals surface area contributed by atoms with Crippen LogP contribution in [0.5, 0.6) is 0 Å². The molecule has 2 aromatic carbocycles. The zero-order chi connectivity index (χ0) is 17.2. The van der Waals surface area contributed by atoms with E-state index in [0.717, 1.165) is 3.57 Å². The zero-order valence-corrected chi connectivity index (χ0v) is 15.8. The summed E-state index contributed by atoms with van der Waals surface area (Å²) >= 11 is 2.14. The second-order valence-corrected chi connectivity index (χ2v) is 8.61. The Kier molecular flexibility index (Phi) is 5.21. The second-order valence-electron chi connectivity index (χ2n) is 5.56. The van der Waals surface area contributed by atoms with Crippen molar-refractivity contribution in [3.63, 3.8) is 0 Å². The molecule has 1 aliphatic heterocycles. The van der Waals surface area contributed by atoms with Gasteiger partial charge in [-0.05, 0) is 59.7 Å². The van der Waals surface area contributed by atoms with Crippen molar-refractivity contribution in [3.05, 3.63) is 58.2 Å². The molecule has 5 nitrogen and oxygen atoms in total. The summed E-state index contributed by atoms with van der Waals surface area (Å²) in [5, 5.41) is 2.85. The first-order valence-corrected chi connectivity index (χ1v) is 10.1. The molecule has 24 heavy (non-hydrogen) atoms. The van der Waals surface area contributed by atoms with Gasteiger partial charge in [0, 0.05) is 10.1 Å². The number of nitrogens with zero attached hydrogens (tertiary/aromatic N) is 1. The average Bonchev–Trinajstić information content (AvgIpc) is 3.08. The van der Waals surface area contributed by atoms with Crippen LogP contribution < -0.4 is 5.32 Å². The molecule has 1 saturated heterocycles. The summed E-state index contributed by atoms with van der Waals surface area (Å²) in [5.74, 6) is -0.281. The summed E-state index contributed by atoms with van der Waals surface area (Å²) in [4.78, 5) is 12.9. The zero-order valence-electron chi connectivity index (χ0n) is 12.9. The molecule has 1 aliphatic rings. The van der Waals surface area contributed by atoms with Crippen molar-refractivity contribution < 1.29 is 13.2 Å². The van der Waals surface area contributed by atoms with Gasteiger partial charge in [0.2, 0.25) is 15.9 Å². The Hall–Kier alpha value is -1.45. The number of para-hydroxylation sites is 1. The third kappa shape index (κ3) is 3.47. The maximum atomic E-state index is 12.8. The standard InChI is InChI=1S/C17H17IN2O3S/c18-14-9-4-5-10-15(14)19-17(21)16-11-6-12-20(16)24(22,23)13-7-2-1-3-8-13/h1-5,7-10,16H,6,11-12H2,(H,19,21). The Morgan fingerprint density at radius 3 is 2.46 bits per heavy atom. The van der Waals surface area contributed by atoms with Crippen LogP contribution in [0.15, 0.2) is 59.5 Å².